The van der Waals surface area contributed by atoms with E-state index < -0.39 is 0 Å². The molecule has 0 N–H and O–H groups in total. The molecule has 0 bridgehead atoms. The number of rotatable bonds is 3. The van der Waals surface area contributed by atoms with Gasteiger partial charge in [-0.15, -0.1) is 0 Å². The largest absolute Gasteiger partial charge is 0.465 e. The number of methoxy groups -OCH3 is 1. The van der Waals surface area contributed by atoms with E-state index in [0.717, 1.165) is 11.2 Å². The van der Waals surface area contributed by atoms with Gasteiger partial charge in [0.25, 0.3) is 0 Å². The summed E-state index contributed by atoms with van der Waals surface area (Å²) in [5, 5.41) is 4.30. The van der Waals surface area contributed by atoms with Crippen LogP contribution in [0.3, 0.4) is 0 Å². The second-order valence-electron chi connectivity index (χ2n) is 4.47. The fourth-order valence-electron chi connectivity index (χ4n) is 1.99. The molecule has 3 aromatic rings. The molecule has 0 aliphatic carbocycles. The summed E-state index contributed by atoms with van der Waals surface area (Å²) in [4.78, 5) is 15.6. The molecule has 2 aromatic heterocycles. The molecule has 6 nitrogen and oxygen atoms in total. The minimum atomic E-state index is -0.381. The van der Waals surface area contributed by atoms with Crippen molar-refractivity contribution in [3.8, 4) is 11.6 Å². The minimum Gasteiger partial charge on any atom is -0.465 e. The van der Waals surface area contributed by atoms with Gasteiger partial charge in [-0.2, -0.15) is 5.10 Å². The van der Waals surface area contributed by atoms with Crippen molar-refractivity contribution in [1.29, 1.82) is 0 Å². The number of hydrogen-bond acceptors (Lipinski definition) is 5. The van der Waals surface area contributed by atoms with Crippen LogP contribution in [0.5, 0.6) is 11.6 Å². The first-order chi connectivity index (χ1) is 10.2. The van der Waals surface area contributed by atoms with Crippen LogP contribution in [0.15, 0.2) is 42.7 Å². The lowest BCUT2D eigenvalue weighted by atomic mass is 10.2. The lowest BCUT2D eigenvalue weighted by Gasteiger charge is -2.06. The second-order valence-corrected chi connectivity index (χ2v) is 4.47. The van der Waals surface area contributed by atoms with Crippen molar-refractivity contribution in [3.05, 3.63) is 54.0 Å². The van der Waals surface area contributed by atoms with E-state index in [1.54, 1.807) is 41.2 Å². The van der Waals surface area contributed by atoms with E-state index in [-0.39, 0.29) is 5.97 Å². The van der Waals surface area contributed by atoms with Gasteiger partial charge in [0, 0.05) is 12.4 Å². The molecule has 0 saturated heterocycles. The van der Waals surface area contributed by atoms with Crippen LogP contribution in [0.1, 0.15) is 16.1 Å². The van der Waals surface area contributed by atoms with Gasteiger partial charge in [0.1, 0.15) is 11.3 Å². The van der Waals surface area contributed by atoms with Crippen molar-refractivity contribution in [2.24, 2.45) is 0 Å². The number of carbonyl (C=O) groups is 1. The van der Waals surface area contributed by atoms with Gasteiger partial charge in [0.2, 0.25) is 5.88 Å². The molecule has 0 aliphatic rings. The predicted octanol–water partition coefficient (Wildman–Crippen LogP) is 2.62. The van der Waals surface area contributed by atoms with E-state index in [1.165, 1.54) is 7.11 Å². The van der Waals surface area contributed by atoms with E-state index in [4.69, 9.17) is 4.74 Å². The van der Waals surface area contributed by atoms with Gasteiger partial charge in [-0.05, 0) is 37.3 Å². The molecule has 21 heavy (non-hydrogen) atoms. The molecule has 6 heteroatoms. The monoisotopic (exact) mass is 283 g/mol. The maximum absolute atomic E-state index is 11.4. The average molecular weight is 283 g/mol. The van der Waals surface area contributed by atoms with Gasteiger partial charge < -0.3 is 9.47 Å². The Hall–Kier alpha value is -2.89. The molecule has 0 unspecified atom stereocenters. The summed E-state index contributed by atoms with van der Waals surface area (Å²) < 4.78 is 12.1. The topological polar surface area (TPSA) is 65.7 Å². The third kappa shape index (κ3) is 2.55. The van der Waals surface area contributed by atoms with Crippen molar-refractivity contribution in [2.45, 2.75) is 6.92 Å². The normalized spacial score (nSPS) is 10.6. The first kappa shape index (κ1) is 13.1. The molecule has 0 saturated carbocycles. The summed E-state index contributed by atoms with van der Waals surface area (Å²) in [5.41, 5.74) is 2.14. The Morgan fingerprint density at radius 3 is 2.71 bits per heavy atom. The number of benzene rings is 1. The lowest BCUT2D eigenvalue weighted by molar-refractivity contribution is 0.0600. The molecule has 2 heterocycles. The zero-order valence-corrected chi connectivity index (χ0v) is 11.6. The van der Waals surface area contributed by atoms with Gasteiger partial charge in [-0.1, -0.05) is 0 Å². The van der Waals surface area contributed by atoms with E-state index in [2.05, 4.69) is 14.8 Å². The molecule has 0 radical (unpaired) electrons. The summed E-state index contributed by atoms with van der Waals surface area (Å²) in [6.07, 6.45) is 3.38. The predicted molar refractivity (Wildman–Crippen MR) is 75.6 cm³/mol. The van der Waals surface area contributed by atoms with E-state index in [1.807, 2.05) is 13.0 Å². The number of ether oxygens (including phenoxy) is 2. The molecule has 3 rings (SSSR count). The fraction of sp³-hybridized carbons (Fsp3) is 0.133. The molecule has 0 atom stereocenters. The zero-order valence-electron chi connectivity index (χ0n) is 11.6. The molecule has 106 valence electrons. The van der Waals surface area contributed by atoms with Crippen LogP contribution in [-0.4, -0.2) is 27.7 Å². The summed E-state index contributed by atoms with van der Waals surface area (Å²) in [5.74, 6) is 0.666. The van der Waals surface area contributed by atoms with E-state index in [9.17, 15) is 4.79 Å². The third-order valence-corrected chi connectivity index (χ3v) is 2.97. The van der Waals surface area contributed by atoms with Crippen LogP contribution >= 0.6 is 0 Å². The highest BCUT2D eigenvalue weighted by molar-refractivity contribution is 5.89. The molecule has 0 aliphatic heterocycles. The van der Waals surface area contributed by atoms with Gasteiger partial charge in [-0.3, -0.25) is 0 Å². The highest BCUT2D eigenvalue weighted by atomic mass is 16.5. The Labute approximate surface area is 120 Å². The van der Waals surface area contributed by atoms with Crippen LogP contribution in [0.25, 0.3) is 5.52 Å². The van der Waals surface area contributed by atoms with Gasteiger partial charge in [0.05, 0.1) is 18.4 Å². The Bertz CT molecular complexity index is 794. The van der Waals surface area contributed by atoms with Crippen LogP contribution < -0.4 is 4.74 Å². The van der Waals surface area contributed by atoms with E-state index >= 15 is 0 Å². The standard InChI is InChI=1S/C15H13N3O3/c1-10-9-13-14(16-7-8-18(13)17-10)21-12-5-3-11(4-6-12)15(19)20-2/h3-9H,1-2H3. The number of aromatic nitrogens is 3. The van der Waals surface area contributed by atoms with E-state index in [0.29, 0.717) is 17.2 Å². The maximum atomic E-state index is 11.4. The van der Waals surface area contributed by atoms with Crippen molar-refractivity contribution < 1.29 is 14.3 Å². The second kappa shape index (κ2) is 5.24. The van der Waals surface area contributed by atoms with Crippen molar-refractivity contribution in [2.75, 3.05) is 7.11 Å². The zero-order chi connectivity index (χ0) is 14.8. The molecule has 1 aromatic carbocycles. The van der Waals surface area contributed by atoms with Gasteiger partial charge >= 0.3 is 5.97 Å². The van der Waals surface area contributed by atoms with Crippen LogP contribution in [0, 0.1) is 6.92 Å². The smallest absolute Gasteiger partial charge is 0.337 e. The maximum Gasteiger partial charge on any atom is 0.337 e. The SMILES string of the molecule is COC(=O)c1ccc(Oc2nccn3nc(C)cc23)cc1. The van der Waals surface area contributed by atoms with Crippen molar-refractivity contribution >= 4 is 11.5 Å². The number of esters is 1. The first-order valence-electron chi connectivity index (χ1n) is 6.34. The van der Waals surface area contributed by atoms with Crippen LogP contribution in [0.2, 0.25) is 0 Å². The Morgan fingerprint density at radius 1 is 1.24 bits per heavy atom. The Kier molecular flexibility index (Phi) is 3.27. The van der Waals surface area contributed by atoms with Crippen LogP contribution in [-0.2, 0) is 4.74 Å². The van der Waals surface area contributed by atoms with Crippen molar-refractivity contribution in [1.82, 2.24) is 14.6 Å². The first-order valence-corrected chi connectivity index (χ1v) is 6.34. The minimum absolute atomic E-state index is 0.381. The number of aryl methyl sites for hydroxylation is 1. The fourth-order valence-corrected chi connectivity index (χ4v) is 1.99. The summed E-state index contributed by atoms with van der Waals surface area (Å²) in [7, 11) is 1.35. The Balaban J connectivity index is 1.90. The average Bonchev–Trinajstić information content (AvgIpc) is 2.88. The van der Waals surface area contributed by atoms with Gasteiger partial charge in [0.15, 0.2) is 0 Å². The number of nitrogens with zero attached hydrogens (tertiary/aromatic N) is 3. The highest BCUT2D eigenvalue weighted by Gasteiger charge is 2.09. The molecule has 0 amide bonds. The quantitative estimate of drug-likeness (QED) is 0.691. The van der Waals surface area contributed by atoms with Gasteiger partial charge in [-0.25, -0.2) is 14.3 Å². The Morgan fingerprint density at radius 2 is 2.00 bits per heavy atom. The molecular weight excluding hydrogens is 270 g/mol. The molecule has 0 fully saturated rings. The highest BCUT2D eigenvalue weighted by Crippen LogP contribution is 2.24. The summed E-state index contributed by atoms with van der Waals surface area (Å²) >= 11 is 0. The summed E-state index contributed by atoms with van der Waals surface area (Å²) in [6, 6.07) is 8.57. The van der Waals surface area contributed by atoms with Crippen molar-refractivity contribution in [3.63, 3.8) is 0 Å². The summed E-state index contributed by atoms with van der Waals surface area (Å²) in [6.45, 7) is 1.90. The number of fused-ring (bicyclic) bond motifs is 1. The molecular formula is C15H13N3O3. The third-order valence-electron chi connectivity index (χ3n) is 2.97. The van der Waals surface area contributed by atoms with Crippen LogP contribution in [0.4, 0.5) is 0 Å². The lowest BCUT2D eigenvalue weighted by Crippen LogP contribution is -2.00. The molecule has 0 spiro atoms. The number of hydrogen-bond donors (Lipinski definition) is 0. The number of carbonyl (C=O) groups excluding carboxylic acids is 1.